The van der Waals surface area contributed by atoms with E-state index in [1.54, 1.807) is 5.30 Å². The van der Waals surface area contributed by atoms with Crippen molar-refractivity contribution in [2.75, 3.05) is 12.3 Å². The van der Waals surface area contributed by atoms with Crippen molar-refractivity contribution >= 4 is 20.4 Å². The van der Waals surface area contributed by atoms with Crippen LogP contribution in [0.3, 0.4) is 0 Å². The average molecular weight is 390 g/mol. The van der Waals surface area contributed by atoms with E-state index >= 15 is 0 Å². The summed E-state index contributed by atoms with van der Waals surface area (Å²) in [6, 6.07) is 11.2. The predicted octanol–water partition coefficient (Wildman–Crippen LogP) is 6.98. The number of rotatable bonds is 5. The maximum atomic E-state index is 14.7. The van der Waals surface area contributed by atoms with Crippen LogP contribution in [0, 0.1) is 0 Å². The molecule has 0 spiro atoms. The van der Waals surface area contributed by atoms with Crippen molar-refractivity contribution in [2.24, 2.45) is 0 Å². The number of hydrogen-bond acceptors (Lipinski definition) is 1. The zero-order valence-corrected chi connectivity index (χ0v) is 18.1. The zero-order valence-electron chi connectivity index (χ0n) is 16.3. The van der Waals surface area contributed by atoms with E-state index in [1.807, 2.05) is 0 Å². The summed E-state index contributed by atoms with van der Waals surface area (Å²) in [4.78, 5) is 0. The van der Waals surface area contributed by atoms with Crippen molar-refractivity contribution < 1.29 is 4.57 Å². The van der Waals surface area contributed by atoms with Crippen LogP contribution in [0.5, 0.6) is 0 Å². The second-order valence-corrected chi connectivity index (χ2v) is 15.1. The molecular weight excluding hydrogens is 354 g/mol. The fraction of sp³-hybridized carbons (Fsp3) is 0.739. The zero-order chi connectivity index (χ0) is 17.8. The molecule has 4 rings (SSSR count). The highest BCUT2D eigenvalue weighted by molar-refractivity contribution is 7.70. The molecule has 2 aliphatic carbocycles. The van der Waals surface area contributed by atoms with Gasteiger partial charge in [-0.25, -0.2) is 0 Å². The maximum Gasteiger partial charge on any atom is 0.0942 e. The molecule has 0 bridgehead atoms. The number of benzene rings is 1. The Labute approximate surface area is 161 Å². The van der Waals surface area contributed by atoms with Gasteiger partial charge in [0.15, 0.2) is 0 Å². The largest absolute Gasteiger partial charge is 0.323 e. The Hall–Kier alpha value is -0.120. The van der Waals surface area contributed by atoms with E-state index in [4.69, 9.17) is 0 Å². The Morgan fingerprint density at radius 3 is 1.92 bits per heavy atom. The average Bonchev–Trinajstić information content (AvgIpc) is 3.18. The first kappa shape index (κ1) is 19.2. The van der Waals surface area contributed by atoms with Gasteiger partial charge in [-0.15, -0.1) is 0 Å². The smallest absolute Gasteiger partial charge is 0.0942 e. The molecule has 3 heteroatoms. The molecule has 1 aliphatic heterocycles. The van der Waals surface area contributed by atoms with Crippen LogP contribution in [0.1, 0.15) is 77.0 Å². The minimum absolute atomic E-state index is 0.0823. The lowest BCUT2D eigenvalue weighted by Crippen LogP contribution is -2.28. The Bertz CT molecular complexity index is 580. The van der Waals surface area contributed by atoms with Crippen molar-refractivity contribution in [3.63, 3.8) is 0 Å². The number of hydrogen-bond donors (Lipinski definition) is 0. The van der Waals surface area contributed by atoms with Crippen molar-refractivity contribution in [1.82, 2.24) is 0 Å². The molecule has 1 aromatic carbocycles. The molecule has 0 radical (unpaired) electrons. The molecule has 0 unspecified atom stereocenters. The Kier molecular flexibility index (Phi) is 6.59. The van der Waals surface area contributed by atoms with E-state index < -0.39 is 7.14 Å². The standard InChI is InChI=1S/C23H36OP2/c24-26(22-14-6-2-7-15-22,23-16-8-3-9-17-23)19-21-13-10-18-25(21)20-11-4-1-5-12-20/h1,4-5,11-12,21-23H,2-3,6-10,13-19H2/t21-,25+/m1/s1. The molecule has 2 saturated carbocycles. The maximum absolute atomic E-state index is 14.7. The second kappa shape index (κ2) is 8.92. The molecule has 1 nitrogen and oxygen atoms in total. The first-order valence-electron chi connectivity index (χ1n) is 11.2. The molecular formula is C23H36OP2. The van der Waals surface area contributed by atoms with Gasteiger partial charge in [0.25, 0.3) is 0 Å². The Morgan fingerprint density at radius 1 is 0.769 bits per heavy atom. The molecule has 144 valence electrons. The van der Waals surface area contributed by atoms with Crippen LogP contribution < -0.4 is 5.30 Å². The minimum atomic E-state index is -2.06. The quantitative estimate of drug-likeness (QED) is 0.495. The first-order chi connectivity index (χ1) is 12.8. The highest BCUT2D eigenvalue weighted by Gasteiger charge is 2.44. The molecule has 0 aromatic heterocycles. The highest BCUT2D eigenvalue weighted by atomic mass is 31.2. The van der Waals surface area contributed by atoms with Crippen LogP contribution in [-0.4, -0.2) is 29.3 Å². The van der Waals surface area contributed by atoms with Crippen LogP contribution in [0.15, 0.2) is 30.3 Å². The minimum Gasteiger partial charge on any atom is -0.323 e. The normalized spacial score (nSPS) is 29.1. The second-order valence-electron chi connectivity index (χ2n) is 8.95. The summed E-state index contributed by atoms with van der Waals surface area (Å²) in [5, 5.41) is 1.57. The van der Waals surface area contributed by atoms with Crippen molar-refractivity contribution in [3.8, 4) is 0 Å². The Morgan fingerprint density at radius 2 is 1.35 bits per heavy atom. The molecule has 1 aromatic rings. The van der Waals surface area contributed by atoms with Crippen LogP contribution in [0.2, 0.25) is 0 Å². The lowest BCUT2D eigenvalue weighted by molar-refractivity contribution is 0.446. The highest BCUT2D eigenvalue weighted by Crippen LogP contribution is 2.66. The van der Waals surface area contributed by atoms with E-state index in [0.717, 1.165) is 11.8 Å². The van der Waals surface area contributed by atoms with E-state index in [2.05, 4.69) is 30.3 Å². The summed E-state index contributed by atoms with van der Waals surface area (Å²) in [6.45, 7) is 0. The molecule has 2 atom stereocenters. The summed E-state index contributed by atoms with van der Waals surface area (Å²) in [5.74, 6) is 0. The van der Waals surface area contributed by atoms with Gasteiger partial charge in [0.05, 0.1) is 7.14 Å². The summed E-state index contributed by atoms with van der Waals surface area (Å²) >= 11 is 0. The van der Waals surface area contributed by atoms with E-state index in [1.165, 1.54) is 83.2 Å². The molecule has 3 aliphatic rings. The van der Waals surface area contributed by atoms with Crippen LogP contribution >= 0.6 is 15.1 Å². The van der Waals surface area contributed by atoms with Gasteiger partial charge in [0, 0.05) is 17.5 Å². The predicted molar refractivity (Wildman–Crippen MR) is 117 cm³/mol. The van der Waals surface area contributed by atoms with Crippen molar-refractivity contribution in [1.29, 1.82) is 0 Å². The van der Waals surface area contributed by atoms with E-state index in [9.17, 15) is 4.57 Å². The molecule has 3 fully saturated rings. The molecule has 0 amide bonds. The SMILES string of the molecule is O=P(C[C@H]1CCC[P@@]1c1ccccc1)(C1CCCCC1)C1CCCCC1. The third-order valence-electron chi connectivity index (χ3n) is 7.35. The Balaban J connectivity index is 1.56. The summed E-state index contributed by atoms with van der Waals surface area (Å²) in [7, 11) is -2.14. The van der Waals surface area contributed by atoms with Crippen LogP contribution in [0.4, 0.5) is 0 Å². The third-order valence-corrected chi connectivity index (χ3v) is 15.2. The van der Waals surface area contributed by atoms with Gasteiger partial charge in [0.1, 0.15) is 0 Å². The van der Waals surface area contributed by atoms with Gasteiger partial charge in [-0.05, 0) is 55.7 Å². The summed E-state index contributed by atoms with van der Waals surface area (Å²) in [5.41, 5.74) is 1.89. The molecule has 0 N–H and O–H groups in total. The van der Waals surface area contributed by atoms with Crippen LogP contribution in [-0.2, 0) is 4.57 Å². The monoisotopic (exact) mass is 390 g/mol. The van der Waals surface area contributed by atoms with Gasteiger partial charge >= 0.3 is 0 Å². The topological polar surface area (TPSA) is 17.1 Å². The van der Waals surface area contributed by atoms with Crippen molar-refractivity contribution in [2.45, 2.75) is 94.0 Å². The summed E-state index contributed by atoms with van der Waals surface area (Å²) < 4.78 is 14.7. The van der Waals surface area contributed by atoms with Crippen molar-refractivity contribution in [3.05, 3.63) is 30.3 Å². The lowest BCUT2D eigenvalue weighted by Gasteiger charge is -2.40. The fourth-order valence-electron chi connectivity index (χ4n) is 5.95. The summed E-state index contributed by atoms with van der Waals surface area (Å²) in [6.07, 6.45) is 18.3. The first-order valence-corrected chi connectivity index (χ1v) is 14.8. The van der Waals surface area contributed by atoms with Gasteiger partial charge in [0.2, 0.25) is 0 Å². The fourth-order valence-corrected chi connectivity index (χ4v) is 14.6. The molecule has 1 heterocycles. The van der Waals surface area contributed by atoms with Crippen LogP contribution in [0.25, 0.3) is 0 Å². The van der Waals surface area contributed by atoms with E-state index in [-0.39, 0.29) is 7.92 Å². The van der Waals surface area contributed by atoms with Gasteiger partial charge in [-0.1, -0.05) is 76.8 Å². The van der Waals surface area contributed by atoms with Gasteiger partial charge in [-0.3, -0.25) is 0 Å². The molecule has 26 heavy (non-hydrogen) atoms. The third kappa shape index (κ3) is 4.15. The van der Waals surface area contributed by atoms with E-state index in [0.29, 0.717) is 11.3 Å². The van der Waals surface area contributed by atoms with Gasteiger partial charge < -0.3 is 4.57 Å². The lowest BCUT2D eigenvalue weighted by atomic mass is 9.99. The molecule has 1 saturated heterocycles. The van der Waals surface area contributed by atoms with Gasteiger partial charge in [-0.2, -0.15) is 0 Å².